The summed E-state index contributed by atoms with van der Waals surface area (Å²) in [6.45, 7) is 5.64. The summed E-state index contributed by atoms with van der Waals surface area (Å²) in [7, 11) is 0. The van der Waals surface area contributed by atoms with Crippen LogP contribution in [0.5, 0.6) is 0 Å². The summed E-state index contributed by atoms with van der Waals surface area (Å²) >= 11 is 0. The van der Waals surface area contributed by atoms with Gasteiger partial charge in [-0.2, -0.15) is 0 Å². The van der Waals surface area contributed by atoms with Crippen molar-refractivity contribution >= 4 is 0 Å². The first-order valence-corrected chi connectivity index (χ1v) is 4.75. The van der Waals surface area contributed by atoms with Gasteiger partial charge in [0.05, 0.1) is 13.2 Å². The van der Waals surface area contributed by atoms with Crippen LogP contribution in [0.4, 0.5) is 0 Å². The zero-order valence-electron chi connectivity index (χ0n) is 8.01. The summed E-state index contributed by atoms with van der Waals surface area (Å²) in [4.78, 5) is 0. The van der Waals surface area contributed by atoms with E-state index in [1.54, 1.807) is 0 Å². The predicted molar refractivity (Wildman–Crippen MR) is 49.0 cm³/mol. The van der Waals surface area contributed by atoms with Crippen LogP contribution in [0, 0.1) is 0 Å². The molecule has 0 amide bonds. The molecule has 0 bridgehead atoms. The Morgan fingerprint density at radius 1 is 1.33 bits per heavy atom. The maximum absolute atomic E-state index is 5.57. The Bertz CT molecular complexity index is 146. The molecule has 1 aliphatic rings. The number of rotatable bonds is 4. The molecule has 2 nitrogen and oxygen atoms in total. The van der Waals surface area contributed by atoms with Gasteiger partial charge in [0.15, 0.2) is 5.79 Å². The third kappa shape index (κ3) is 2.32. The average molecular weight is 170 g/mol. The van der Waals surface area contributed by atoms with E-state index in [1.165, 1.54) is 6.42 Å². The minimum absolute atomic E-state index is 0.384. The lowest BCUT2D eigenvalue weighted by atomic mass is 10.1. The second-order valence-corrected chi connectivity index (χ2v) is 3.11. The van der Waals surface area contributed by atoms with Crippen LogP contribution in [-0.4, -0.2) is 19.0 Å². The van der Waals surface area contributed by atoms with E-state index in [4.69, 9.17) is 9.47 Å². The molecular formula is C10H18O2. The quantitative estimate of drug-likeness (QED) is 0.603. The molecule has 0 aromatic rings. The zero-order chi connectivity index (χ0) is 8.86. The van der Waals surface area contributed by atoms with Crippen molar-refractivity contribution in [3.63, 3.8) is 0 Å². The van der Waals surface area contributed by atoms with Crippen LogP contribution in [0.15, 0.2) is 12.2 Å². The highest BCUT2D eigenvalue weighted by Crippen LogP contribution is 2.26. The minimum Gasteiger partial charge on any atom is -0.344 e. The minimum atomic E-state index is -0.384. The topological polar surface area (TPSA) is 18.5 Å². The second kappa shape index (κ2) is 4.63. The maximum atomic E-state index is 5.57. The Labute approximate surface area is 74.6 Å². The Balaban J connectivity index is 2.46. The third-order valence-corrected chi connectivity index (χ3v) is 2.08. The summed E-state index contributed by atoms with van der Waals surface area (Å²) < 4.78 is 11.1. The molecular weight excluding hydrogens is 152 g/mol. The largest absolute Gasteiger partial charge is 0.344 e. The molecule has 1 saturated heterocycles. The van der Waals surface area contributed by atoms with Gasteiger partial charge in [-0.3, -0.25) is 0 Å². The van der Waals surface area contributed by atoms with E-state index in [0.717, 1.165) is 26.1 Å². The summed E-state index contributed by atoms with van der Waals surface area (Å²) in [5.41, 5.74) is 0. The van der Waals surface area contributed by atoms with Crippen LogP contribution in [0.2, 0.25) is 0 Å². The number of ether oxygens (including phenoxy) is 2. The molecule has 1 heterocycles. The first-order chi connectivity index (χ1) is 5.83. The molecule has 1 fully saturated rings. The van der Waals surface area contributed by atoms with Gasteiger partial charge in [0, 0.05) is 6.42 Å². The maximum Gasteiger partial charge on any atom is 0.187 e. The van der Waals surface area contributed by atoms with Gasteiger partial charge in [-0.05, 0) is 19.4 Å². The Kier molecular flexibility index (Phi) is 3.76. The van der Waals surface area contributed by atoms with Crippen LogP contribution < -0.4 is 0 Å². The van der Waals surface area contributed by atoms with Crippen LogP contribution in [0.25, 0.3) is 0 Å². The molecule has 0 atom stereocenters. The second-order valence-electron chi connectivity index (χ2n) is 3.11. The van der Waals surface area contributed by atoms with Crippen molar-refractivity contribution in [1.82, 2.24) is 0 Å². The molecule has 0 N–H and O–H groups in total. The molecule has 1 aliphatic heterocycles. The molecule has 0 aromatic carbocycles. The normalized spacial score (nSPS) is 22.2. The van der Waals surface area contributed by atoms with Gasteiger partial charge in [-0.15, -0.1) is 0 Å². The lowest BCUT2D eigenvalue weighted by Gasteiger charge is -2.23. The summed E-state index contributed by atoms with van der Waals surface area (Å²) in [5, 5.41) is 0. The van der Waals surface area contributed by atoms with Gasteiger partial charge in [0.25, 0.3) is 0 Å². The van der Waals surface area contributed by atoms with E-state index in [2.05, 4.69) is 6.92 Å². The molecule has 2 heteroatoms. The highest BCUT2D eigenvalue weighted by atomic mass is 16.7. The number of unbranched alkanes of at least 4 members (excludes halogenated alkanes) is 1. The molecule has 0 unspecified atom stereocenters. The van der Waals surface area contributed by atoms with Gasteiger partial charge in [0.2, 0.25) is 0 Å². The fraction of sp³-hybridized carbons (Fsp3) is 0.800. The van der Waals surface area contributed by atoms with E-state index in [-0.39, 0.29) is 5.79 Å². The summed E-state index contributed by atoms with van der Waals surface area (Å²) in [6.07, 6.45) is 7.35. The predicted octanol–water partition coefficient (Wildman–Crippen LogP) is 2.50. The van der Waals surface area contributed by atoms with E-state index in [1.807, 2.05) is 19.1 Å². The standard InChI is InChI=1S/C10H18O2/c1-3-5-7-10(6-4-2)11-8-9-12-10/h4,6H,3,5,7-9H2,1-2H3. The van der Waals surface area contributed by atoms with E-state index < -0.39 is 0 Å². The Morgan fingerprint density at radius 2 is 2.00 bits per heavy atom. The average Bonchev–Trinajstić information content (AvgIpc) is 2.51. The van der Waals surface area contributed by atoms with Crippen molar-refractivity contribution < 1.29 is 9.47 Å². The van der Waals surface area contributed by atoms with Crippen LogP contribution in [0.3, 0.4) is 0 Å². The van der Waals surface area contributed by atoms with Crippen molar-refractivity contribution in [2.45, 2.75) is 38.9 Å². The third-order valence-electron chi connectivity index (χ3n) is 2.08. The Morgan fingerprint density at radius 3 is 2.50 bits per heavy atom. The molecule has 0 saturated carbocycles. The molecule has 0 spiro atoms. The molecule has 0 aromatic heterocycles. The van der Waals surface area contributed by atoms with Gasteiger partial charge in [-0.1, -0.05) is 19.4 Å². The van der Waals surface area contributed by atoms with E-state index in [0.29, 0.717) is 0 Å². The Hall–Kier alpha value is -0.340. The summed E-state index contributed by atoms with van der Waals surface area (Å²) in [6, 6.07) is 0. The van der Waals surface area contributed by atoms with E-state index >= 15 is 0 Å². The lowest BCUT2D eigenvalue weighted by Crippen LogP contribution is -2.26. The smallest absolute Gasteiger partial charge is 0.187 e. The number of hydrogen-bond donors (Lipinski definition) is 0. The SMILES string of the molecule is CC=CC1(CCCC)OCCO1. The van der Waals surface area contributed by atoms with E-state index in [9.17, 15) is 0 Å². The van der Waals surface area contributed by atoms with Crippen LogP contribution in [-0.2, 0) is 9.47 Å². The van der Waals surface area contributed by atoms with Crippen molar-refractivity contribution in [3.8, 4) is 0 Å². The molecule has 1 rings (SSSR count). The van der Waals surface area contributed by atoms with Crippen molar-refractivity contribution in [2.24, 2.45) is 0 Å². The van der Waals surface area contributed by atoms with Crippen LogP contribution in [0.1, 0.15) is 33.1 Å². The molecule has 12 heavy (non-hydrogen) atoms. The van der Waals surface area contributed by atoms with Gasteiger partial charge in [0.1, 0.15) is 0 Å². The van der Waals surface area contributed by atoms with Gasteiger partial charge < -0.3 is 9.47 Å². The number of hydrogen-bond acceptors (Lipinski definition) is 2. The fourth-order valence-electron chi connectivity index (χ4n) is 1.47. The monoisotopic (exact) mass is 170 g/mol. The van der Waals surface area contributed by atoms with Crippen molar-refractivity contribution in [3.05, 3.63) is 12.2 Å². The lowest BCUT2D eigenvalue weighted by molar-refractivity contribution is -0.122. The van der Waals surface area contributed by atoms with Crippen molar-refractivity contribution in [1.29, 1.82) is 0 Å². The fourth-order valence-corrected chi connectivity index (χ4v) is 1.47. The first-order valence-electron chi connectivity index (χ1n) is 4.75. The highest BCUT2D eigenvalue weighted by molar-refractivity contribution is 4.96. The first kappa shape index (κ1) is 9.75. The zero-order valence-corrected chi connectivity index (χ0v) is 8.01. The van der Waals surface area contributed by atoms with Gasteiger partial charge in [-0.25, -0.2) is 0 Å². The molecule has 70 valence electrons. The van der Waals surface area contributed by atoms with Crippen molar-refractivity contribution in [2.75, 3.05) is 13.2 Å². The van der Waals surface area contributed by atoms with Gasteiger partial charge >= 0.3 is 0 Å². The van der Waals surface area contributed by atoms with Crippen LogP contribution >= 0.6 is 0 Å². The molecule has 0 aliphatic carbocycles. The highest BCUT2D eigenvalue weighted by Gasteiger charge is 2.32. The molecule has 0 radical (unpaired) electrons. The number of allylic oxidation sites excluding steroid dienone is 1. The summed E-state index contributed by atoms with van der Waals surface area (Å²) in [5.74, 6) is -0.384.